The maximum absolute atomic E-state index is 12.6. The monoisotopic (exact) mass is 376 g/mol. The fourth-order valence-corrected chi connectivity index (χ4v) is 3.39. The van der Waals surface area contributed by atoms with Crippen molar-refractivity contribution < 1.29 is 14.7 Å². The van der Waals surface area contributed by atoms with Gasteiger partial charge >= 0.3 is 12.0 Å². The summed E-state index contributed by atoms with van der Waals surface area (Å²) in [6.45, 7) is 4.57. The van der Waals surface area contributed by atoms with Crippen molar-refractivity contribution in [3.05, 3.63) is 41.2 Å². The van der Waals surface area contributed by atoms with Crippen molar-refractivity contribution in [2.75, 3.05) is 18.4 Å². The van der Waals surface area contributed by atoms with Crippen molar-refractivity contribution in [3.63, 3.8) is 0 Å². The van der Waals surface area contributed by atoms with Crippen LogP contribution in [0.1, 0.15) is 19.0 Å². The number of hydrogen-bond donors (Lipinski definition) is 2. The van der Waals surface area contributed by atoms with Crippen LogP contribution in [0.3, 0.4) is 0 Å². The van der Waals surface area contributed by atoms with Crippen LogP contribution < -0.4 is 5.32 Å². The summed E-state index contributed by atoms with van der Waals surface area (Å²) in [5.41, 5.74) is 2.21. The summed E-state index contributed by atoms with van der Waals surface area (Å²) < 4.78 is 1.71. The Hall–Kier alpha value is -2.54. The van der Waals surface area contributed by atoms with E-state index in [9.17, 15) is 14.7 Å². The van der Waals surface area contributed by atoms with Gasteiger partial charge in [-0.15, -0.1) is 0 Å². The Morgan fingerprint density at radius 1 is 1.27 bits per heavy atom. The first-order valence-electron chi connectivity index (χ1n) is 8.44. The number of nitrogens with zero attached hydrogens (tertiary/aromatic N) is 3. The molecule has 1 aliphatic rings. The normalized spacial score (nSPS) is 20.0. The third kappa shape index (κ3) is 3.83. The summed E-state index contributed by atoms with van der Waals surface area (Å²) in [5.74, 6) is -1.24. The fraction of sp³-hybridized carbons (Fsp3) is 0.389. The van der Waals surface area contributed by atoms with Crippen molar-refractivity contribution in [3.8, 4) is 5.69 Å². The van der Waals surface area contributed by atoms with Gasteiger partial charge < -0.3 is 15.3 Å². The van der Waals surface area contributed by atoms with E-state index in [4.69, 9.17) is 11.6 Å². The smallest absolute Gasteiger partial charge is 0.321 e. The summed E-state index contributed by atoms with van der Waals surface area (Å²) in [6.07, 6.45) is 2.18. The number of likely N-dealkylation sites (tertiary alicyclic amines) is 1. The summed E-state index contributed by atoms with van der Waals surface area (Å²) in [7, 11) is 0. The standard InChI is InChI=1S/C18H21ClN4O3/c1-11-7-13(17(24)25)10-22(9-11)18(26)21-16-8-20-23(12(16)2)15-5-3-14(19)4-6-15/h3-6,8,11,13H,7,9-10H2,1-2H3,(H,21,26)(H,24,25). The van der Waals surface area contributed by atoms with Gasteiger partial charge in [0.1, 0.15) is 0 Å². The first kappa shape index (κ1) is 18.3. The van der Waals surface area contributed by atoms with Gasteiger partial charge in [-0.1, -0.05) is 18.5 Å². The van der Waals surface area contributed by atoms with Gasteiger partial charge in [-0.3, -0.25) is 4.79 Å². The number of anilines is 1. The molecule has 0 bridgehead atoms. The van der Waals surface area contributed by atoms with Crippen LogP contribution in [-0.4, -0.2) is 44.9 Å². The first-order valence-corrected chi connectivity index (χ1v) is 8.82. The van der Waals surface area contributed by atoms with E-state index in [0.29, 0.717) is 23.7 Å². The molecule has 7 nitrogen and oxygen atoms in total. The molecule has 26 heavy (non-hydrogen) atoms. The number of urea groups is 1. The number of hydrogen-bond acceptors (Lipinski definition) is 3. The van der Waals surface area contributed by atoms with E-state index < -0.39 is 11.9 Å². The van der Waals surface area contributed by atoms with E-state index in [0.717, 1.165) is 11.4 Å². The average Bonchev–Trinajstić information content (AvgIpc) is 2.95. The maximum atomic E-state index is 12.6. The molecule has 2 amide bonds. The van der Waals surface area contributed by atoms with Gasteiger partial charge in [0.2, 0.25) is 0 Å². The van der Waals surface area contributed by atoms with Gasteiger partial charge in [-0.05, 0) is 43.5 Å². The summed E-state index contributed by atoms with van der Waals surface area (Å²) >= 11 is 5.91. The third-order valence-electron chi connectivity index (χ3n) is 4.62. The molecule has 2 unspecified atom stereocenters. The molecule has 138 valence electrons. The minimum absolute atomic E-state index is 0.147. The second kappa shape index (κ2) is 7.37. The number of nitrogens with one attached hydrogen (secondary N) is 1. The Morgan fingerprint density at radius 3 is 2.62 bits per heavy atom. The van der Waals surface area contributed by atoms with Crippen LogP contribution in [0.2, 0.25) is 5.02 Å². The third-order valence-corrected chi connectivity index (χ3v) is 4.87. The molecular weight excluding hydrogens is 356 g/mol. The van der Waals surface area contributed by atoms with Crippen LogP contribution in [0.4, 0.5) is 10.5 Å². The van der Waals surface area contributed by atoms with Gasteiger partial charge in [0.05, 0.1) is 29.2 Å². The lowest BCUT2D eigenvalue weighted by atomic mass is 9.91. The van der Waals surface area contributed by atoms with Gasteiger partial charge in [-0.25, -0.2) is 9.48 Å². The van der Waals surface area contributed by atoms with Gasteiger partial charge in [-0.2, -0.15) is 5.10 Å². The second-order valence-corrected chi connectivity index (χ2v) is 7.18. The highest BCUT2D eigenvalue weighted by Crippen LogP contribution is 2.24. The fourth-order valence-electron chi connectivity index (χ4n) is 3.27. The summed E-state index contributed by atoms with van der Waals surface area (Å²) in [4.78, 5) is 25.4. The van der Waals surface area contributed by atoms with Crippen molar-refractivity contribution in [1.82, 2.24) is 14.7 Å². The largest absolute Gasteiger partial charge is 0.481 e. The van der Waals surface area contributed by atoms with E-state index in [-0.39, 0.29) is 18.5 Å². The number of halogens is 1. The number of aromatic nitrogens is 2. The van der Waals surface area contributed by atoms with E-state index >= 15 is 0 Å². The van der Waals surface area contributed by atoms with Crippen LogP contribution >= 0.6 is 11.6 Å². The molecule has 8 heteroatoms. The zero-order valence-corrected chi connectivity index (χ0v) is 15.4. The minimum Gasteiger partial charge on any atom is -0.481 e. The highest BCUT2D eigenvalue weighted by molar-refractivity contribution is 6.30. The topological polar surface area (TPSA) is 87.5 Å². The van der Waals surface area contributed by atoms with Crippen LogP contribution in [0.5, 0.6) is 0 Å². The molecule has 1 aliphatic heterocycles. The van der Waals surface area contributed by atoms with E-state index in [1.165, 1.54) is 0 Å². The lowest BCUT2D eigenvalue weighted by molar-refractivity contribution is -0.143. The Morgan fingerprint density at radius 2 is 1.96 bits per heavy atom. The number of rotatable bonds is 3. The second-order valence-electron chi connectivity index (χ2n) is 6.74. The molecule has 1 saturated heterocycles. The summed E-state index contributed by atoms with van der Waals surface area (Å²) in [5, 5.41) is 17.1. The molecule has 0 aliphatic carbocycles. The molecule has 0 spiro atoms. The average molecular weight is 377 g/mol. The zero-order valence-electron chi connectivity index (χ0n) is 14.6. The molecule has 0 saturated carbocycles. The Labute approximate surface area is 156 Å². The Bertz CT molecular complexity index is 818. The molecule has 0 radical (unpaired) electrons. The molecule has 3 rings (SSSR count). The lowest BCUT2D eigenvalue weighted by Gasteiger charge is -2.34. The minimum atomic E-state index is -0.860. The number of carboxylic acid groups (broad SMARTS) is 1. The SMILES string of the molecule is Cc1c(NC(=O)N2CC(C)CC(C(=O)O)C2)cnn1-c1ccc(Cl)cc1. The molecule has 1 aromatic carbocycles. The van der Waals surface area contributed by atoms with Gasteiger partial charge in [0.15, 0.2) is 0 Å². The molecule has 1 fully saturated rings. The number of carboxylic acids is 1. The van der Waals surface area contributed by atoms with Crippen LogP contribution in [0.25, 0.3) is 5.69 Å². The number of carbonyl (C=O) groups is 2. The van der Waals surface area contributed by atoms with Gasteiger partial charge in [0.25, 0.3) is 0 Å². The Kier molecular flexibility index (Phi) is 5.18. The van der Waals surface area contributed by atoms with Gasteiger partial charge in [0, 0.05) is 18.1 Å². The number of benzene rings is 1. The van der Waals surface area contributed by atoms with E-state index in [2.05, 4.69) is 10.4 Å². The number of piperidine rings is 1. The number of amides is 2. The van der Waals surface area contributed by atoms with E-state index in [1.807, 2.05) is 26.0 Å². The van der Waals surface area contributed by atoms with Crippen molar-refractivity contribution in [2.24, 2.45) is 11.8 Å². The predicted octanol–water partition coefficient (Wildman–Crippen LogP) is 3.41. The molecule has 2 heterocycles. The molecule has 2 atom stereocenters. The van der Waals surface area contributed by atoms with Crippen LogP contribution in [-0.2, 0) is 4.79 Å². The maximum Gasteiger partial charge on any atom is 0.321 e. The van der Waals surface area contributed by atoms with Crippen molar-refractivity contribution >= 4 is 29.3 Å². The number of aliphatic carboxylic acids is 1. The van der Waals surface area contributed by atoms with Crippen LogP contribution in [0, 0.1) is 18.8 Å². The highest BCUT2D eigenvalue weighted by Gasteiger charge is 2.32. The molecule has 2 N–H and O–H groups in total. The molecule has 1 aromatic heterocycles. The van der Waals surface area contributed by atoms with E-state index in [1.54, 1.807) is 27.9 Å². The Balaban J connectivity index is 1.74. The zero-order chi connectivity index (χ0) is 18.8. The first-order chi connectivity index (χ1) is 12.3. The quantitative estimate of drug-likeness (QED) is 0.859. The van der Waals surface area contributed by atoms with Crippen molar-refractivity contribution in [2.45, 2.75) is 20.3 Å². The molecular formula is C18H21ClN4O3. The lowest BCUT2D eigenvalue weighted by Crippen LogP contribution is -2.47. The predicted molar refractivity (Wildman–Crippen MR) is 98.8 cm³/mol. The highest BCUT2D eigenvalue weighted by atomic mass is 35.5. The summed E-state index contributed by atoms with van der Waals surface area (Å²) in [6, 6.07) is 6.94. The van der Waals surface area contributed by atoms with Crippen LogP contribution in [0.15, 0.2) is 30.5 Å². The van der Waals surface area contributed by atoms with Crippen molar-refractivity contribution in [1.29, 1.82) is 0 Å². The number of carbonyl (C=O) groups excluding carboxylic acids is 1. The molecule has 2 aromatic rings.